The maximum Gasteiger partial charge on any atom is 0.100 e. The number of rotatable bonds is 2. The quantitative estimate of drug-likeness (QED) is 0.635. The van der Waals surface area contributed by atoms with Crippen molar-refractivity contribution in [3.8, 4) is 0 Å². The molecule has 1 aromatic heterocycles. The molecule has 1 heterocycles. The Kier molecular flexibility index (Phi) is 3.33. The molecule has 0 spiro atoms. The first-order valence-electron chi connectivity index (χ1n) is 2.76. The highest BCUT2D eigenvalue weighted by molar-refractivity contribution is 8.02. The molecule has 0 saturated heterocycles. The molecule has 52 valence electrons. The third-order valence-electron chi connectivity index (χ3n) is 0.878. The molecule has 10 heavy (non-hydrogen) atoms. The smallest absolute Gasteiger partial charge is 0.100 e. The van der Waals surface area contributed by atoms with E-state index in [1.54, 1.807) is 11.6 Å². The molecule has 0 aliphatic rings. The summed E-state index contributed by atoms with van der Waals surface area (Å²) in [5, 5.41) is 2.74. The van der Waals surface area contributed by atoms with E-state index < -0.39 is 0 Å². The standard InChI is InChI=1S/C7H6ClNS/c8-4-6-10-7-3-1-2-5-9-7/h1-6H/b6-4+. The van der Waals surface area contributed by atoms with Crippen molar-refractivity contribution >= 4 is 23.4 Å². The Hall–Kier alpha value is -0.470. The van der Waals surface area contributed by atoms with Crippen LogP contribution in [0.5, 0.6) is 0 Å². The molecule has 0 bridgehead atoms. The van der Waals surface area contributed by atoms with Gasteiger partial charge >= 0.3 is 0 Å². The normalized spacial score (nSPS) is 10.5. The first kappa shape index (κ1) is 7.63. The van der Waals surface area contributed by atoms with Gasteiger partial charge in [0.05, 0.1) is 0 Å². The van der Waals surface area contributed by atoms with Crippen molar-refractivity contribution < 1.29 is 0 Å². The number of hydrogen-bond donors (Lipinski definition) is 0. The monoisotopic (exact) mass is 171 g/mol. The molecule has 0 fully saturated rings. The van der Waals surface area contributed by atoms with Crippen LogP contribution in [0.2, 0.25) is 0 Å². The third-order valence-corrected chi connectivity index (χ3v) is 1.91. The van der Waals surface area contributed by atoms with Crippen LogP contribution in [0.3, 0.4) is 0 Å². The third kappa shape index (κ3) is 2.42. The van der Waals surface area contributed by atoms with Gasteiger partial charge in [0, 0.05) is 11.7 Å². The summed E-state index contributed by atoms with van der Waals surface area (Å²) in [6, 6.07) is 5.76. The van der Waals surface area contributed by atoms with E-state index in [2.05, 4.69) is 4.98 Å². The minimum Gasteiger partial charge on any atom is -0.250 e. The van der Waals surface area contributed by atoms with Gasteiger partial charge in [0.2, 0.25) is 0 Å². The average molecular weight is 172 g/mol. The molecule has 1 rings (SSSR count). The zero-order chi connectivity index (χ0) is 7.23. The van der Waals surface area contributed by atoms with E-state index in [1.165, 1.54) is 17.3 Å². The van der Waals surface area contributed by atoms with Crippen LogP contribution in [0.15, 0.2) is 40.4 Å². The Labute approximate surface area is 69.1 Å². The van der Waals surface area contributed by atoms with Crippen LogP contribution in [-0.4, -0.2) is 4.98 Å². The van der Waals surface area contributed by atoms with Gasteiger partial charge in [-0.25, -0.2) is 4.98 Å². The second kappa shape index (κ2) is 4.36. The number of hydrogen-bond acceptors (Lipinski definition) is 2. The fourth-order valence-electron chi connectivity index (χ4n) is 0.512. The van der Waals surface area contributed by atoms with Crippen LogP contribution in [0.4, 0.5) is 0 Å². The summed E-state index contributed by atoms with van der Waals surface area (Å²) >= 11 is 6.82. The van der Waals surface area contributed by atoms with Gasteiger partial charge in [-0.05, 0) is 17.5 Å². The van der Waals surface area contributed by atoms with E-state index in [1.807, 2.05) is 18.2 Å². The molecule has 0 saturated carbocycles. The summed E-state index contributed by atoms with van der Waals surface area (Å²) in [6.07, 6.45) is 1.75. The van der Waals surface area contributed by atoms with E-state index in [4.69, 9.17) is 11.6 Å². The topological polar surface area (TPSA) is 12.9 Å². The van der Waals surface area contributed by atoms with Gasteiger partial charge < -0.3 is 0 Å². The van der Waals surface area contributed by atoms with Gasteiger partial charge in [-0.2, -0.15) is 0 Å². The molecule has 0 aliphatic carbocycles. The lowest BCUT2D eigenvalue weighted by Crippen LogP contribution is -1.71. The minimum absolute atomic E-state index is 0.958. The predicted molar refractivity (Wildman–Crippen MR) is 45.1 cm³/mol. The molecule has 0 amide bonds. The summed E-state index contributed by atoms with van der Waals surface area (Å²) in [6.45, 7) is 0. The Bertz CT molecular complexity index is 210. The van der Waals surface area contributed by atoms with Crippen molar-refractivity contribution in [2.45, 2.75) is 5.03 Å². The lowest BCUT2D eigenvalue weighted by molar-refractivity contribution is 1.14. The van der Waals surface area contributed by atoms with Crippen molar-refractivity contribution in [2.75, 3.05) is 0 Å². The number of aromatic nitrogens is 1. The van der Waals surface area contributed by atoms with Crippen LogP contribution in [-0.2, 0) is 0 Å². The summed E-state index contributed by atoms with van der Waals surface area (Å²) in [7, 11) is 0. The summed E-state index contributed by atoms with van der Waals surface area (Å²) in [5.74, 6) is 0. The molecular weight excluding hydrogens is 166 g/mol. The fraction of sp³-hybridized carbons (Fsp3) is 0. The predicted octanol–water partition coefficient (Wildman–Crippen LogP) is 2.88. The van der Waals surface area contributed by atoms with Crippen molar-refractivity contribution in [3.63, 3.8) is 0 Å². The lowest BCUT2D eigenvalue weighted by Gasteiger charge is -1.90. The Balaban J connectivity index is 2.59. The highest BCUT2D eigenvalue weighted by Gasteiger charge is 1.85. The van der Waals surface area contributed by atoms with Crippen molar-refractivity contribution in [1.82, 2.24) is 4.98 Å². The number of nitrogens with zero attached hydrogens (tertiary/aromatic N) is 1. The van der Waals surface area contributed by atoms with Crippen molar-refractivity contribution in [3.05, 3.63) is 35.3 Å². The van der Waals surface area contributed by atoms with Crippen molar-refractivity contribution in [2.24, 2.45) is 0 Å². The van der Waals surface area contributed by atoms with Crippen LogP contribution in [0.25, 0.3) is 0 Å². The molecule has 1 aromatic rings. The highest BCUT2D eigenvalue weighted by Crippen LogP contribution is 2.14. The highest BCUT2D eigenvalue weighted by atomic mass is 35.5. The zero-order valence-electron chi connectivity index (χ0n) is 5.20. The maximum absolute atomic E-state index is 5.32. The van der Waals surface area contributed by atoms with Crippen LogP contribution in [0, 0.1) is 0 Å². The maximum atomic E-state index is 5.32. The molecule has 0 aromatic carbocycles. The minimum atomic E-state index is 0.958. The molecule has 0 N–H and O–H groups in total. The number of thioether (sulfide) groups is 1. The summed E-state index contributed by atoms with van der Waals surface area (Å²) in [5.41, 5.74) is 1.47. The molecule has 1 nitrogen and oxygen atoms in total. The SMILES string of the molecule is Cl/C=C/Sc1ccccn1. The summed E-state index contributed by atoms with van der Waals surface area (Å²) < 4.78 is 0. The molecule has 0 atom stereocenters. The second-order valence-corrected chi connectivity index (χ2v) is 2.73. The first-order valence-corrected chi connectivity index (χ1v) is 4.08. The zero-order valence-corrected chi connectivity index (χ0v) is 6.77. The molecule has 0 unspecified atom stereocenters. The van der Waals surface area contributed by atoms with Gasteiger partial charge in [-0.1, -0.05) is 29.4 Å². The first-order chi connectivity index (χ1) is 4.93. The van der Waals surface area contributed by atoms with Gasteiger partial charge in [0.1, 0.15) is 5.03 Å². The molecule has 0 radical (unpaired) electrons. The molecule has 3 heteroatoms. The largest absolute Gasteiger partial charge is 0.250 e. The van der Waals surface area contributed by atoms with E-state index in [9.17, 15) is 0 Å². The van der Waals surface area contributed by atoms with Gasteiger partial charge in [0.25, 0.3) is 0 Å². The molecular formula is C7H6ClNS. The number of halogens is 1. The van der Waals surface area contributed by atoms with E-state index in [0.717, 1.165) is 5.03 Å². The Morgan fingerprint density at radius 3 is 3.00 bits per heavy atom. The van der Waals surface area contributed by atoms with Gasteiger partial charge in [0.15, 0.2) is 0 Å². The van der Waals surface area contributed by atoms with Gasteiger partial charge in [-0.15, -0.1) is 0 Å². The van der Waals surface area contributed by atoms with Crippen LogP contribution < -0.4 is 0 Å². The number of pyridine rings is 1. The fourth-order valence-corrected chi connectivity index (χ4v) is 1.14. The van der Waals surface area contributed by atoms with Gasteiger partial charge in [-0.3, -0.25) is 0 Å². The van der Waals surface area contributed by atoms with Crippen LogP contribution in [0.1, 0.15) is 0 Å². The van der Waals surface area contributed by atoms with E-state index in [0.29, 0.717) is 0 Å². The second-order valence-electron chi connectivity index (χ2n) is 1.55. The van der Waals surface area contributed by atoms with E-state index in [-0.39, 0.29) is 0 Å². The Morgan fingerprint density at radius 1 is 1.50 bits per heavy atom. The van der Waals surface area contributed by atoms with E-state index >= 15 is 0 Å². The van der Waals surface area contributed by atoms with Crippen molar-refractivity contribution in [1.29, 1.82) is 0 Å². The molecule has 0 aliphatic heterocycles. The lowest BCUT2D eigenvalue weighted by atomic mass is 10.5. The van der Waals surface area contributed by atoms with Crippen LogP contribution >= 0.6 is 23.4 Å². The average Bonchev–Trinajstić information content (AvgIpc) is 2.03. The summed E-state index contributed by atoms with van der Waals surface area (Å²) in [4.78, 5) is 4.07. The Morgan fingerprint density at radius 2 is 2.40 bits per heavy atom.